The number of benzene rings is 1. The Morgan fingerprint density at radius 1 is 1.61 bits per heavy atom. The van der Waals surface area contributed by atoms with E-state index in [4.69, 9.17) is 21.6 Å². The van der Waals surface area contributed by atoms with Gasteiger partial charge in [-0.2, -0.15) is 5.26 Å². The number of nitrogens with one attached hydrogen (secondary N) is 1. The van der Waals surface area contributed by atoms with Crippen LogP contribution in [0.4, 0.5) is 0 Å². The Balaban J connectivity index is 0.00000289. The van der Waals surface area contributed by atoms with Crippen molar-refractivity contribution in [3.63, 3.8) is 0 Å². The zero-order valence-corrected chi connectivity index (χ0v) is 11.4. The molecule has 0 saturated heterocycles. The number of carbonyl (C=O) groups excluding carboxylic acids is 1. The molecule has 0 fully saturated rings. The Morgan fingerprint density at radius 3 is 2.89 bits per heavy atom. The number of likely N-dealkylation sites (N-methyl/N-ethyl adjacent to an activating group) is 1. The summed E-state index contributed by atoms with van der Waals surface area (Å²) in [5, 5.41) is 11.8. The Bertz CT molecular complexity index is 432. The van der Waals surface area contributed by atoms with Crippen LogP contribution >= 0.6 is 24.0 Å². The van der Waals surface area contributed by atoms with Gasteiger partial charge in [0.1, 0.15) is 12.1 Å². The van der Waals surface area contributed by atoms with Gasteiger partial charge in [0, 0.05) is 5.02 Å². The number of hydrogen-bond donors (Lipinski definition) is 1. The van der Waals surface area contributed by atoms with Crippen LogP contribution in [0.1, 0.15) is 5.56 Å². The third kappa shape index (κ3) is 5.37. The molecule has 0 aliphatic rings. The highest BCUT2D eigenvalue weighted by Gasteiger charge is 2.18. The normalized spacial score (nSPS) is 10.9. The number of carbonyl (C=O) groups is 1. The van der Waals surface area contributed by atoms with Crippen LogP contribution in [0.5, 0.6) is 0 Å². The van der Waals surface area contributed by atoms with E-state index < -0.39 is 12.0 Å². The van der Waals surface area contributed by atoms with E-state index in [1.165, 1.54) is 0 Å². The molecule has 0 radical (unpaired) electrons. The lowest BCUT2D eigenvalue weighted by Gasteiger charge is -2.14. The van der Waals surface area contributed by atoms with E-state index in [2.05, 4.69) is 5.32 Å². The lowest BCUT2D eigenvalue weighted by atomic mass is 10.1. The lowest BCUT2D eigenvalue weighted by Crippen LogP contribution is -2.37. The van der Waals surface area contributed by atoms with Gasteiger partial charge in [-0.15, -0.1) is 12.4 Å². The van der Waals surface area contributed by atoms with Crippen LogP contribution in [-0.2, 0) is 16.0 Å². The second-order valence-corrected chi connectivity index (χ2v) is 3.88. The molecule has 0 saturated carbocycles. The molecule has 0 amide bonds. The standard InChI is InChI=1S/C12H13ClN2O2.ClH/c1-15-11(12(16)17-6-5-14)8-9-3-2-4-10(13)7-9;/h2-4,7,11,15H,6,8H2,1H3;1H. The molecule has 0 spiro atoms. The third-order valence-corrected chi connectivity index (χ3v) is 2.48. The molecule has 0 bridgehead atoms. The molecule has 1 rings (SSSR count). The number of ether oxygens (including phenoxy) is 1. The van der Waals surface area contributed by atoms with Crippen LogP contribution in [0.2, 0.25) is 5.02 Å². The maximum Gasteiger partial charge on any atom is 0.324 e. The molecule has 1 atom stereocenters. The first-order chi connectivity index (χ1) is 8.17. The van der Waals surface area contributed by atoms with Crippen molar-refractivity contribution in [1.29, 1.82) is 5.26 Å². The Kier molecular flexibility index (Phi) is 8.14. The van der Waals surface area contributed by atoms with Gasteiger partial charge in [0.15, 0.2) is 6.61 Å². The van der Waals surface area contributed by atoms with E-state index in [9.17, 15) is 4.79 Å². The molecular formula is C12H14Cl2N2O2. The van der Waals surface area contributed by atoms with Gasteiger partial charge in [-0.05, 0) is 31.2 Å². The van der Waals surface area contributed by atoms with Crippen LogP contribution < -0.4 is 5.32 Å². The maximum absolute atomic E-state index is 11.6. The van der Waals surface area contributed by atoms with Crippen molar-refractivity contribution in [3.05, 3.63) is 34.9 Å². The van der Waals surface area contributed by atoms with Crippen molar-refractivity contribution in [2.45, 2.75) is 12.5 Å². The van der Waals surface area contributed by atoms with Gasteiger partial charge in [-0.3, -0.25) is 4.79 Å². The van der Waals surface area contributed by atoms with Crippen molar-refractivity contribution in [2.75, 3.05) is 13.7 Å². The molecule has 0 aromatic heterocycles. The summed E-state index contributed by atoms with van der Waals surface area (Å²) >= 11 is 5.86. The Hall–Kier alpha value is -1.28. The lowest BCUT2D eigenvalue weighted by molar-refractivity contribution is -0.144. The summed E-state index contributed by atoms with van der Waals surface area (Å²) in [5.41, 5.74) is 0.936. The van der Waals surface area contributed by atoms with Crippen LogP contribution in [-0.4, -0.2) is 25.7 Å². The second-order valence-electron chi connectivity index (χ2n) is 3.44. The largest absolute Gasteiger partial charge is 0.449 e. The average molecular weight is 289 g/mol. The van der Waals surface area contributed by atoms with Crippen molar-refractivity contribution in [2.24, 2.45) is 0 Å². The topological polar surface area (TPSA) is 62.1 Å². The summed E-state index contributed by atoms with van der Waals surface area (Å²) in [6.45, 7) is -0.230. The van der Waals surface area contributed by atoms with E-state index in [0.717, 1.165) is 5.56 Å². The van der Waals surface area contributed by atoms with Crippen LogP contribution in [0.15, 0.2) is 24.3 Å². The fraction of sp³-hybridized carbons (Fsp3) is 0.333. The van der Waals surface area contributed by atoms with E-state index >= 15 is 0 Å². The predicted octanol–water partition coefficient (Wildman–Crippen LogP) is 1.96. The maximum atomic E-state index is 11.6. The van der Waals surface area contributed by atoms with Gasteiger partial charge >= 0.3 is 5.97 Å². The SMILES string of the molecule is CNC(Cc1cccc(Cl)c1)C(=O)OCC#N.Cl. The minimum absolute atomic E-state index is 0. The summed E-state index contributed by atoms with van der Waals surface area (Å²) in [7, 11) is 1.67. The molecule has 18 heavy (non-hydrogen) atoms. The molecule has 0 aliphatic heterocycles. The molecule has 6 heteroatoms. The van der Waals surface area contributed by atoms with Crippen molar-refractivity contribution < 1.29 is 9.53 Å². The zero-order valence-electron chi connectivity index (χ0n) is 9.85. The van der Waals surface area contributed by atoms with Crippen molar-refractivity contribution in [1.82, 2.24) is 5.32 Å². The first-order valence-electron chi connectivity index (χ1n) is 5.12. The molecule has 98 valence electrons. The number of nitrogens with zero attached hydrogens (tertiary/aromatic N) is 1. The summed E-state index contributed by atoms with van der Waals surface area (Å²) in [5.74, 6) is -0.436. The number of esters is 1. The third-order valence-electron chi connectivity index (χ3n) is 2.24. The van der Waals surface area contributed by atoms with Crippen LogP contribution in [0.25, 0.3) is 0 Å². The van der Waals surface area contributed by atoms with Gasteiger partial charge < -0.3 is 10.1 Å². The predicted molar refractivity (Wildman–Crippen MR) is 71.8 cm³/mol. The highest BCUT2D eigenvalue weighted by Crippen LogP contribution is 2.12. The highest BCUT2D eigenvalue weighted by atomic mass is 35.5. The first-order valence-corrected chi connectivity index (χ1v) is 5.50. The summed E-state index contributed by atoms with van der Waals surface area (Å²) in [6.07, 6.45) is 0.474. The number of rotatable bonds is 5. The smallest absolute Gasteiger partial charge is 0.324 e. The molecule has 4 nitrogen and oxygen atoms in total. The minimum atomic E-state index is -0.471. The van der Waals surface area contributed by atoms with Crippen LogP contribution in [0, 0.1) is 11.3 Å². The molecule has 1 N–H and O–H groups in total. The van der Waals surface area contributed by atoms with Gasteiger partial charge in [-0.1, -0.05) is 23.7 Å². The number of halogens is 2. The van der Waals surface area contributed by atoms with Crippen LogP contribution in [0.3, 0.4) is 0 Å². The van der Waals surface area contributed by atoms with Gasteiger partial charge in [-0.25, -0.2) is 0 Å². The van der Waals surface area contributed by atoms with E-state index in [0.29, 0.717) is 11.4 Å². The highest BCUT2D eigenvalue weighted by molar-refractivity contribution is 6.30. The quantitative estimate of drug-likeness (QED) is 0.842. The van der Waals surface area contributed by atoms with Gasteiger partial charge in [0.05, 0.1) is 0 Å². The van der Waals surface area contributed by atoms with Gasteiger partial charge in [0.2, 0.25) is 0 Å². The molecule has 1 unspecified atom stereocenters. The fourth-order valence-corrected chi connectivity index (χ4v) is 1.62. The Morgan fingerprint density at radius 2 is 2.33 bits per heavy atom. The van der Waals surface area contributed by atoms with E-state index in [1.54, 1.807) is 25.2 Å². The van der Waals surface area contributed by atoms with E-state index in [1.807, 2.05) is 12.1 Å². The second kappa shape index (κ2) is 8.76. The minimum Gasteiger partial charge on any atom is -0.449 e. The molecule has 0 aliphatic carbocycles. The molecule has 1 aromatic rings. The summed E-state index contributed by atoms with van der Waals surface area (Å²) < 4.78 is 4.75. The molecule has 0 heterocycles. The number of hydrogen-bond acceptors (Lipinski definition) is 4. The van der Waals surface area contributed by atoms with Gasteiger partial charge in [0.25, 0.3) is 0 Å². The zero-order chi connectivity index (χ0) is 12.7. The first kappa shape index (κ1) is 16.7. The number of nitriles is 1. The molecule has 1 aromatic carbocycles. The van der Waals surface area contributed by atoms with Crippen molar-refractivity contribution in [3.8, 4) is 6.07 Å². The summed E-state index contributed by atoms with van der Waals surface area (Å²) in [6, 6.07) is 8.56. The fourth-order valence-electron chi connectivity index (χ4n) is 1.41. The van der Waals surface area contributed by atoms with Crippen molar-refractivity contribution >= 4 is 30.0 Å². The Labute approximate surface area is 117 Å². The summed E-state index contributed by atoms with van der Waals surface area (Å²) in [4.78, 5) is 11.6. The average Bonchev–Trinajstić information content (AvgIpc) is 2.33. The molecular weight excluding hydrogens is 275 g/mol. The van der Waals surface area contributed by atoms with E-state index in [-0.39, 0.29) is 19.0 Å². The monoisotopic (exact) mass is 288 g/mol.